The van der Waals surface area contributed by atoms with Gasteiger partial charge in [-0.1, -0.05) is 17.9 Å². The van der Waals surface area contributed by atoms with Crippen molar-refractivity contribution in [2.75, 3.05) is 6.61 Å². The highest BCUT2D eigenvalue weighted by Gasteiger charge is 2.38. The molecule has 34 heavy (non-hydrogen) atoms. The third-order valence-corrected chi connectivity index (χ3v) is 7.10. The Kier molecular flexibility index (Phi) is 7.28. The van der Waals surface area contributed by atoms with Crippen molar-refractivity contribution in [2.45, 2.75) is 63.6 Å². The van der Waals surface area contributed by atoms with Gasteiger partial charge in [-0.2, -0.15) is 13.2 Å². The summed E-state index contributed by atoms with van der Waals surface area (Å²) in [6.45, 7) is 2.76. The first-order valence-corrected chi connectivity index (χ1v) is 11.6. The standard InChI is InChI=1S/C27H26F6O/c1-2-34-22-10-9-19-13-18(7-8-20(19)14-22)21-6-5-17(23(28)15-21)4-3-16-11-24(29)26(25(30)12-16)27(31,32)33/h5-6,11-12,15,18-20,22H,2,7-10,13-14H2,1H3. The van der Waals surface area contributed by atoms with E-state index in [1.165, 1.54) is 12.1 Å². The van der Waals surface area contributed by atoms with Crippen LogP contribution in [-0.2, 0) is 10.9 Å². The predicted molar refractivity (Wildman–Crippen MR) is 117 cm³/mol. The molecule has 4 rings (SSSR count). The van der Waals surface area contributed by atoms with Gasteiger partial charge in [0.25, 0.3) is 0 Å². The lowest BCUT2D eigenvalue weighted by Crippen LogP contribution is -2.33. The van der Waals surface area contributed by atoms with Gasteiger partial charge in [0, 0.05) is 12.2 Å². The van der Waals surface area contributed by atoms with Crippen LogP contribution in [0.25, 0.3) is 0 Å². The largest absolute Gasteiger partial charge is 0.422 e. The molecule has 182 valence electrons. The number of hydrogen-bond donors (Lipinski definition) is 0. The summed E-state index contributed by atoms with van der Waals surface area (Å²) >= 11 is 0. The van der Waals surface area contributed by atoms with Gasteiger partial charge in [-0.3, -0.25) is 0 Å². The Morgan fingerprint density at radius 3 is 2.18 bits per heavy atom. The second-order valence-corrected chi connectivity index (χ2v) is 9.22. The van der Waals surface area contributed by atoms with Crippen molar-refractivity contribution in [3.63, 3.8) is 0 Å². The minimum Gasteiger partial charge on any atom is -0.378 e. The van der Waals surface area contributed by atoms with Crippen molar-refractivity contribution in [2.24, 2.45) is 11.8 Å². The summed E-state index contributed by atoms with van der Waals surface area (Å²) in [5, 5.41) is 0. The molecule has 2 aliphatic carbocycles. The smallest absolute Gasteiger partial charge is 0.378 e. The molecular formula is C27H26F6O. The van der Waals surface area contributed by atoms with Gasteiger partial charge in [-0.25, -0.2) is 13.2 Å². The predicted octanol–water partition coefficient (Wildman–Crippen LogP) is 7.61. The Morgan fingerprint density at radius 1 is 0.853 bits per heavy atom. The van der Waals surface area contributed by atoms with E-state index < -0.39 is 29.2 Å². The Labute approximate surface area is 195 Å². The minimum atomic E-state index is -5.15. The van der Waals surface area contributed by atoms with E-state index in [1.807, 2.05) is 13.0 Å². The normalized spacial score (nSPS) is 24.8. The molecule has 4 unspecified atom stereocenters. The maximum Gasteiger partial charge on any atom is 0.422 e. The zero-order valence-electron chi connectivity index (χ0n) is 18.8. The number of rotatable bonds is 3. The molecular weight excluding hydrogens is 454 g/mol. The van der Waals surface area contributed by atoms with Crippen LogP contribution in [-0.4, -0.2) is 12.7 Å². The number of alkyl halides is 3. The molecule has 0 N–H and O–H groups in total. The summed E-state index contributed by atoms with van der Waals surface area (Å²) in [6, 6.07) is 5.80. The van der Waals surface area contributed by atoms with Gasteiger partial charge in [0.2, 0.25) is 0 Å². The molecule has 0 aromatic heterocycles. The fourth-order valence-electron chi connectivity index (χ4n) is 5.48. The first-order chi connectivity index (χ1) is 16.2. The van der Waals surface area contributed by atoms with Gasteiger partial charge in [-0.15, -0.1) is 0 Å². The third-order valence-electron chi connectivity index (χ3n) is 7.10. The van der Waals surface area contributed by atoms with E-state index in [2.05, 4.69) is 11.8 Å². The first-order valence-electron chi connectivity index (χ1n) is 11.6. The molecule has 0 aliphatic heterocycles. The van der Waals surface area contributed by atoms with Crippen LogP contribution >= 0.6 is 0 Å². The molecule has 2 fully saturated rings. The second-order valence-electron chi connectivity index (χ2n) is 9.22. The SMILES string of the molecule is CCOC1CCC2CC(c3ccc(C#Cc4cc(F)c(C(F)(F)F)c(F)c4)c(F)c3)CCC2C1. The van der Waals surface area contributed by atoms with E-state index in [9.17, 15) is 26.3 Å². The maximum absolute atomic E-state index is 14.7. The number of halogens is 6. The molecule has 0 radical (unpaired) electrons. The van der Waals surface area contributed by atoms with Crippen molar-refractivity contribution in [1.29, 1.82) is 0 Å². The van der Waals surface area contributed by atoms with Crippen LogP contribution in [0.2, 0.25) is 0 Å². The number of ether oxygens (including phenoxy) is 1. The highest BCUT2D eigenvalue weighted by molar-refractivity contribution is 5.46. The Balaban J connectivity index is 1.46. The van der Waals surface area contributed by atoms with E-state index in [0.717, 1.165) is 50.7 Å². The average molecular weight is 480 g/mol. The molecule has 2 aliphatic rings. The molecule has 4 atom stereocenters. The monoisotopic (exact) mass is 480 g/mol. The van der Waals surface area contributed by atoms with Crippen LogP contribution in [0.1, 0.15) is 73.6 Å². The van der Waals surface area contributed by atoms with E-state index in [-0.39, 0.29) is 17.0 Å². The van der Waals surface area contributed by atoms with Crippen LogP contribution < -0.4 is 0 Å². The van der Waals surface area contributed by atoms with Crippen LogP contribution in [0.3, 0.4) is 0 Å². The van der Waals surface area contributed by atoms with Gasteiger partial charge >= 0.3 is 6.18 Å². The first kappa shape index (κ1) is 24.7. The summed E-state index contributed by atoms with van der Waals surface area (Å²) in [5.41, 5.74) is -1.34. The molecule has 7 heteroatoms. The molecule has 2 saturated carbocycles. The minimum absolute atomic E-state index is 0.0235. The van der Waals surface area contributed by atoms with Crippen molar-refractivity contribution in [1.82, 2.24) is 0 Å². The number of hydrogen-bond acceptors (Lipinski definition) is 1. The third kappa shape index (κ3) is 5.43. The summed E-state index contributed by atoms with van der Waals surface area (Å²) in [4.78, 5) is 0. The molecule has 2 aromatic rings. The second kappa shape index (κ2) is 10.0. The summed E-state index contributed by atoms with van der Waals surface area (Å²) < 4.78 is 86.1. The number of fused-ring (bicyclic) bond motifs is 1. The summed E-state index contributed by atoms with van der Waals surface area (Å²) in [7, 11) is 0. The molecule has 0 bridgehead atoms. The van der Waals surface area contributed by atoms with Gasteiger partial charge < -0.3 is 4.74 Å². The molecule has 1 nitrogen and oxygen atoms in total. The zero-order valence-corrected chi connectivity index (χ0v) is 18.8. The lowest BCUT2D eigenvalue weighted by Gasteiger charge is -2.42. The fraction of sp³-hybridized carbons (Fsp3) is 0.481. The highest BCUT2D eigenvalue weighted by atomic mass is 19.4. The lowest BCUT2D eigenvalue weighted by molar-refractivity contribution is -0.142. The maximum atomic E-state index is 14.7. The van der Waals surface area contributed by atoms with E-state index in [1.54, 1.807) is 0 Å². The molecule has 0 amide bonds. The Bertz CT molecular complexity index is 1070. The van der Waals surface area contributed by atoms with Crippen LogP contribution in [0.5, 0.6) is 0 Å². The van der Waals surface area contributed by atoms with Crippen molar-refractivity contribution >= 4 is 0 Å². The van der Waals surface area contributed by atoms with Crippen molar-refractivity contribution < 1.29 is 31.1 Å². The van der Waals surface area contributed by atoms with Crippen LogP contribution in [0.4, 0.5) is 26.3 Å². The van der Waals surface area contributed by atoms with E-state index in [0.29, 0.717) is 30.1 Å². The lowest BCUT2D eigenvalue weighted by atomic mass is 9.65. The van der Waals surface area contributed by atoms with Crippen LogP contribution in [0.15, 0.2) is 30.3 Å². The van der Waals surface area contributed by atoms with Gasteiger partial charge in [-0.05, 0) is 93.0 Å². The number of benzene rings is 2. The summed E-state index contributed by atoms with van der Waals surface area (Å²) in [5.74, 6) is 2.32. The fourth-order valence-corrected chi connectivity index (χ4v) is 5.48. The van der Waals surface area contributed by atoms with E-state index in [4.69, 9.17) is 4.74 Å². The van der Waals surface area contributed by atoms with Crippen molar-refractivity contribution in [3.8, 4) is 11.8 Å². The quantitative estimate of drug-likeness (QED) is 0.325. The molecule has 2 aromatic carbocycles. The average Bonchev–Trinajstić information content (AvgIpc) is 2.76. The van der Waals surface area contributed by atoms with Gasteiger partial charge in [0.15, 0.2) is 0 Å². The topological polar surface area (TPSA) is 9.23 Å². The van der Waals surface area contributed by atoms with Crippen LogP contribution in [0, 0.1) is 41.1 Å². The van der Waals surface area contributed by atoms with Gasteiger partial charge in [0.05, 0.1) is 11.7 Å². The Hall–Kier alpha value is -2.46. The molecule has 0 saturated heterocycles. The zero-order chi connectivity index (χ0) is 24.5. The summed E-state index contributed by atoms with van der Waals surface area (Å²) in [6.07, 6.45) is 1.57. The van der Waals surface area contributed by atoms with Crippen molar-refractivity contribution in [3.05, 3.63) is 70.0 Å². The molecule has 0 heterocycles. The Morgan fingerprint density at radius 2 is 1.53 bits per heavy atom. The van der Waals surface area contributed by atoms with Gasteiger partial charge in [0.1, 0.15) is 23.0 Å². The highest BCUT2D eigenvalue weighted by Crippen LogP contribution is 2.46. The van der Waals surface area contributed by atoms with E-state index >= 15 is 0 Å². The molecule has 0 spiro atoms.